The van der Waals surface area contributed by atoms with Crippen molar-refractivity contribution < 1.29 is 17.9 Å². The van der Waals surface area contributed by atoms with E-state index in [1.165, 1.54) is 6.07 Å². The van der Waals surface area contributed by atoms with Crippen molar-refractivity contribution in [2.75, 3.05) is 6.61 Å². The Morgan fingerprint density at radius 2 is 2.18 bits per heavy atom. The van der Waals surface area contributed by atoms with E-state index in [0.29, 0.717) is 12.3 Å². The van der Waals surface area contributed by atoms with Gasteiger partial charge in [-0.05, 0) is 31.9 Å². The van der Waals surface area contributed by atoms with Gasteiger partial charge in [0.05, 0.1) is 24.0 Å². The number of ether oxygens (including phenoxy) is 1. The maximum absolute atomic E-state index is 12.5. The highest BCUT2D eigenvalue weighted by molar-refractivity contribution is 5.17. The molecule has 5 nitrogen and oxygen atoms in total. The van der Waals surface area contributed by atoms with Gasteiger partial charge < -0.3 is 4.74 Å². The second kappa shape index (κ2) is 5.35. The molecule has 2 aromatic rings. The summed E-state index contributed by atoms with van der Waals surface area (Å²) in [6.45, 7) is 2.93. The number of pyridine rings is 1. The lowest BCUT2D eigenvalue weighted by Gasteiger charge is -2.19. The van der Waals surface area contributed by atoms with Crippen LogP contribution >= 0.6 is 0 Å². The molecular formula is C14H15F3N4O. The SMILES string of the molecule is CC1(c2cn(Cc3ccc(C(F)(F)F)cn3)nn2)CCCO1. The maximum atomic E-state index is 12.5. The van der Waals surface area contributed by atoms with Crippen molar-refractivity contribution in [2.24, 2.45) is 0 Å². The third kappa shape index (κ3) is 2.96. The molecule has 8 heteroatoms. The van der Waals surface area contributed by atoms with Crippen LogP contribution in [0.2, 0.25) is 0 Å². The molecule has 0 aromatic carbocycles. The molecule has 1 aliphatic rings. The minimum Gasteiger partial charge on any atom is -0.369 e. The first kappa shape index (κ1) is 15.0. The van der Waals surface area contributed by atoms with E-state index in [9.17, 15) is 13.2 Å². The highest BCUT2D eigenvalue weighted by Crippen LogP contribution is 2.34. The van der Waals surface area contributed by atoms with E-state index in [4.69, 9.17) is 4.74 Å². The van der Waals surface area contributed by atoms with Gasteiger partial charge in [0.2, 0.25) is 0 Å². The van der Waals surface area contributed by atoms with Gasteiger partial charge in [-0.3, -0.25) is 4.98 Å². The molecule has 1 saturated heterocycles. The molecule has 3 heterocycles. The molecule has 1 fully saturated rings. The van der Waals surface area contributed by atoms with Crippen LogP contribution in [0.3, 0.4) is 0 Å². The summed E-state index contributed by atoms with van der Waals surface area (Å²) in [6, 6.07) is 2.36. The zero-order chi connectivity index (χ0) is 15.8. The maximum Gasteiger partial charge on any atom is 0.417 e. The van der Waals surface area contributed by atoms with E-state index < -0.39 is 17.3 Å². The first-order valence-corrected chi connectivity index (χ1v) is 6.93. The fourth-order valence-corrected chi connectivity index (χ4v) is 2.45. The zero-order valence-electron chi connectivity index (χ0n) is 12.0. The average molecular weight is 312 g/mol. The largest absolute Gasteiger partial charge is 0.417 e. The van der Waals surface area contributed by atoms with Gasteiger partial charge in [-0.25, -0.2) is 4.68 Å². The Morgan fingerprint density at radius 3 is 2.77 bits per heavy atom. The smallest absolute Gasteiger partial charge is 0.369 e. The zero-order valence-corrected chi connectivity index (χ0v) is 12.0. The summed E-state index contributed by atoms with van der Waals surface area (Å²) < 4.78 is 44.7. The van der Waals surface area contributed by atoms with E-state index in [0.717, 1.165) is 30.8 Å². The van der Waals surface area contributed by atoms with Crippen molar-refractivity contribution in [3.63, 3.8) is 0 Å². The fraction of sp³-hybridized carbons (Fsp3) is 0.500. The van der Waals surface area contributed by atoms with E-state index in [1.807, 2.05) is 6.92 Å². The first-order chi connectivity index (χ1) is 10.4. The molecule has 2 aromatic heterocycles. The van der Waals surface area contributed by atoms with Crippen LogP contribution in [0, 0.1) is 0 Å². The van der Waals surface area contributed by atoms with Crippen molar-refractivity contribution in [2.45, 2.75) is 38.1 Å². The van der Waals surface area contributed by atoms with Crippen LogP contribution in [-0.4, -0.2) is 26.6 Å². The number of hydrogen-bond acceptors (Lipinski definition) is 4. The van der Waals surface area contributed by atoms with E-state index in [2.05, 4.69) is 15.3 Å². The quantitative estimate of drug-likeness (QED) is 0.874. The van der Waals surface area contributed by atoms with Gasteiger partial charge in [0.1, 0.15) is 11.3 Å². The Labute approximate surface area is 125 Å². The molecule has 0 saturated carbocycles. The van der Waals surface area contributed by atoms with E-state index >= 15 is 0 Å². The number of halogens is 3. The number of nitrogens with zero attached hydrogens (tertiary/aromatic N) is 4. The normalized spacial score (nSPS) is 22.2. The summed E-state index contributed by atoms with van der Waals surface area (Å²) in [6.07, 6.45) is 0.0631. The first-order valence-electron chi connectivity index (χ1n) is 6.93. The molecule has 0 amide bonds. The van der Waals surface area contributed by atoms with E-state index in [-0.39, 0.29) is 6.54 Å². The predicted octanol–water partition coefficient (Wildman–Crippen LogP) is 2.77. The van der Waals surface area contributed by atoms with Gasteiger partial charge >= 0.3 is 6.18 Å². The predicted molar refractivity (Wildman–Crippen MR) is 70.9 cm³/mol. The summed E-state index contributed by atoms with van der Waals surface area (Å²) in [4.78, 5) is 3.82. The Bertz CT molecular complexity index is 645. The topological polar surface area (TPSA) is 52.8 Å². The highest BCUT2D eigenvalue weighted by atomic mass is 19.4. The second-order valence-corrected chi connectivity index (χ2v) is 5.52. The van der Waals surface area contributed by atoms with Crippen LogP contribution in [0.4, 0.5) is 13.2 Å². The van der Waals surface area contributed by atoms with Gasteiger partial charge in [-0.1, -0.05) is 5.21 Å². The van der Waals surface area contributed by atoms with Crippen LogP contribution in [-0.2, 0) is 23.1 Å². The molecule has 0 radical (unpaired) electrons. The summed E-state index contributed by atoms with van der Waals surface area (Å²) >= 11 is 0. The van der Waals surface area contributed by atoms with Gasteiger partial charge in [-0.15, -0.1) is 5.10 Å². The number of aromatic nitrogens is 4. The van der Waals surface area contributed by atoms with Crippen LogP contribution in [0.5, 0.6) is 0 Å². The monoisotopic (exact) mass is 312 g/mol. The molecule has 0 aliphatic carbocycles. The Morgan fingerprint density at radius 1 is 1.36 bits per heavy atom. The van der Waals surface area contributed by atoms with Gasteiger partial charge in [0, 0.05) is 12.8 Å². The van der Waals surface area contributed by atoms with E-state index in [1.54, 1.807) is 10.9 Å². The molecule has 3 rings (SSSR count). The lowest BCUT2D eigenvalue weighted by Crippen LogP contribution is -2.20. The molecular weight excluding hydrogens is 297 g/mol. The lowest BCUT2D eigenvalue weighted by atomic mass is 10.00. The van der Waals surface area contributed by atoms with Crippen molar-refractivity contribution in [3.8, 4) is 0 Å². The molecule has 1 aliphatic heterocycles. The number of hydrogen-bond donors (Lipinski definition) is 0. The molecule has 0 N–H and O–H groups in total. The molecule has 118 valence electrons. The van der Waals surface area contributed by atoms with Crippen LogP contribution in [0.15, 0.2) is 24.5 Å². The van der Waals surface area contributed by atoms with Crippen LogP contribution in [0.25, 0.3) is 0 Å². The Balaban J connectivity index is 1.73. The molecule has 1 unspecified atom stereocenters. The Kier molecular flexibility index (Phi) is 3.64. The summed E-state index contributed by atoms with van der Waals surface area (Å²) in [5, 5.41) is 8.10. The van der Waals surface area contributed by atoms with Crippen molar-refractivity contribution >= 4 is 0 Å². The van der Waals surface area contributed by atoms with Gasteiger partial charge in [0.15, 0.2) is 0 Å². The van der Waals surface area contributed by atoms with Gasteiger partial charge in [-0.2, -0.15) is 13.2 Å². The number of rotatable bonds is 3. The van der Waals surface area contributed by atoms with Crippen LogP contribution < -0.4 is 0 Å². The molecule has 22 heavy (non-hydrogen) atoms. The lowest BCUT2D eigenvalue weighted by molar-refractivity contribution is -0.137. The third-order valence-corrected chi connectivity index (χ3v) is 3.78. The second-order valence-electron chi connectivity index (χ2n) is 5.52. The third-order valence-electron chi connectivity index (χ3n) is 3.78. The van der Waals surface area contributed by atoms with Crippen LogP contribution in [0.1, 0.15) is 36.7 Å². The van der Waals surface area contributed by atoms with Crippen molar-refractivity contribution in [3.05, 3.63) is 41.5 Å². The number of alkyl halides is 3. The summed E-state index contributed by atoms with van der Waals surface area (Å²) in [7, 11) is 0. The molecule has 1 atom stereocenters. The summed E-state index contributed by atoms with van der Waals surface area (Å²) in [5.41, 5.74) is 0.0347. The average Bonchev–Trinajstić information content (AvgIpc) is 3.09. The fourth-order valence-electron chi connectivity index (χ4n) is 2.45. The minimum atomic E-state index is -4.37. The molecule has 0 spiro atoms. The minimum absolute atomic E-state index is 0.265. The van der Waals surface area contributed by atoms with Gasteiger partial charge in [0.25, 0.3) is 0 Å². The van der Waals surface area contributed by atoms with Crippen molar-refractivity contribution in [1.82, 2.24) is 20.0 Å². The van der Waals surface area contributed by atoms with Crippen molar-refractivity contribution in [1.29, 1.82) is 0 Å². The molecule has 0 bridgehead atoms. The standard InChI is InChI=1S/C14H15F3N4O/c1-13(5-2-6-22-13)12-9-21(20-19-12)8-11-4-3-10(7-18-11)14(15,16)17/h3-4,7,9H,2,5-6,8H2,1H3. The highest BCUT2D eigenvalue weighted by Gasteiger charge is 2.34. The Hall–Kier alpha value is -1.96. The summed E-state index contributed by atoms with van der Waals surface area (Å²) in [5.74, 6) is 0.